The van der Waals surface area contributed by atoms with Crippen molar-refractivity contribution in [1.82, 2.24) is 0 Å². The van der Waals surface area contributed by atoms with Crippen LogP contribution in [-0.4, -0.2) is 49.4 Å². The van der Waals surface area contributed by atoms with Crippen LogP contribution in [0.15, 0.2) is 30.3 Å². The molecule has 6 nitrogen and oxygen atoms in total. The number of hydrogen-bond donors (Lipinski definition) is 1. The van der Waals surface area contributed by atoms with E-state index in [-0.39, 0.29) is 29.1 Å². The summed E-state index contributed by atoms with van der Waals surface area (Å²) in [5.41, 5.74) is 0.633. The van der Waals surface area contributed by atoms with E-state index < -0.39 is 21.7 Å². The van der Waals surface area contributed by atoms with Gasteiger partial charge in [-0.25, -0.2) is 8.42 Å². The quantitative estimate of drug-likeness (QED) is 0.778. The van der Waals surface area contributed by atoms with Gasteiger partial charge in [-0.3, -0.25) is 9.59 Å². The highest BCUT2D eigenvalue weighted by atomic mass is 32.2. The van der Waals surface area contributed by atoms with Crippen LogP contribution in [0.2, 0.25) is 0 Å². The average Bonchev–Trinajstić information content (AvgIpc) is 2.83. The Morgan fingerprint density at radius 2 is 2.00 bits per heavy atom. The lowest BCUT2D eigenvalue weighted by Crippen LogP contribution is -2.22. The fourth-order valence-electron chi connectivity index (χ4n) is 1.98. The van der Waals surface area contributed by atoms with Crippen LogP contribution in [0.3, 0.4) is 0 Å². The van der Waals surface area contributed by atoms with Crippen LogP contribution in [0, 0.1) is 0 Å². The summed E-state index contributed by atoms with van der Waals surface area (Å²) in [6.07, 6.45) is 0.564. The molecule has 0 spiro atoms. The van der Waals surface area contributed by atoms with Gasteiger partial charge in [-0.2, -0.15) is 0 Å². The third-order valence-electron chi connectivity index (χ3n) is 3.05. The minimum absolute atomic E-state index is 0.0544. The summed E-state index contributed by atoms with van der Waals surface area (Å²) in [6.45, 7) is -0.350. The Morgan fingerprint density at radius 1 is 1.27 bits per heavy atom. The Hall–Kier alpha value is -1.54. The topological polar surface area (TPSA) is 89.5 Å². The smallest absolute Gasteiger partial charge is 0.316 e. The lowest BCUT2D eigenvalue weighted by molar-refractivity contribution is -0.144. The van der Waals surface area contributed by atoms with Gasteiger partial charge in [0, 0.05) is 10.9 Å². The highest BCUT2D eigenvalue weighted by Crippen LogP contribution is 2.24. The number of esters is 1. The fourth-order valence-corrected chi connectivity index (χ4v) is 5.42. The number of hydrogen-bond acceptors (Lipinski definition) is 6. The molecule has 0 aliphatic carbocycles. The van der Waals surface area contributed by atoms with Crippen LogP contribution < -0.4 is 5.32 Å². The minimum atomic E-state index is -2.94. The van der Waals surface area contributed by atoms with E-state index in [0.717, 1.165) is 0 Å². The van der Waals surface area contributed by atoms with E-state index in [1.54, 1.807) is 24.3 Å². The van der Waals surface area contributed by atoms with Gasteiger partial charge in [0.15, 0.2) is 16.4 Å². The maximum absolute atomic E-state index is 11.6. The normalized spacial score (nSPS) is 19.5. The highest BCUT2D eigenvalue weighted by Gasteiger charge is 2.28. The van der Waals surface area contributed by atoms with Crippen molar-refractivity contribution < 1.29 is 22.7 Å². The lowest BCUT2D eigenvalue weighted by atomic mass is 10.3. The Balaban J connectivity index is 1.64. The zero-order valence-electron chi connectivity index (χ0n) is 11.9. The molecule has 0 unspecified atom stereocenters. The first-order valence-electron chi connectivity index (χ1n) is 6.77. The lowest BCUT2D eigenvalue weighted by Gasteiger charge is -2.08. The molecule has 1 N–H and O–H groups in total. The molecule has 1 fully saturated rings. The van der Waals surface area contributed by atoms with Gasteiger partial charge in [-0.15, -0.1) is 11.8 Å². The van der Waals surface area contributed by atoms with Crippen molar-refractivity contribution in [3.63, 3.8) is 0 Å². The van der Waals surface area contributed by atoms with Crippen molar-refractivity contribution in [3.05, 3.63) is 30.3 Å². The molecule has 22 heavy (non-hydrogen) atoms. The Morgan fingerprint density at radius 3 is 2.64 bits per heavy atom. The van der Waals surface area contributed by atoms with E-state index in [0.29, 0.717) is 12.1 Å². The molecule has 8 heteroatoms. The van der Waals surface area contributed by atoms with Crippen LogP contribution in [0.1, 0.15) is 6.42 Å². The number of sulfone groups is 1. The number of amides is 1. The van der Waals surface area contributed by atoms with Gasteiger partial charge in [-0.05, 0) is 18.6 Å². The number of anilines is 1. The molecule has 1 aliphatic heterocycles. The van der Waals surface area contributed by atoms with E-state index in [2.05, 4.69) is 5.32 Å². The first-order valence-corrected chi connectivity index (χ1v) is 9.64. The number of rotatable bonds is 6. The third-order valence-corrected chi connectivity index (χ3v) is 6.30. The van der Waals surface area contributed by atoms with Crippen molar-refractivity contribution in [2.45, 2.75) is 11.7 Å². The summed E-state index contributed by atoms with van der Waals surface area (Å²) in [4.78, 5) is 23.1. The molecule has 0 bridgehead atoms. The van der Waals surface area contributed by atoms with Crippen molar-refractivity contribution in [3.8, 4) is 0 Å². The summed E-state index contributed by atoms with van der Waals surface area (Å²) >= 11 is 1.26. The molecule has 1 aliphatic rings. The number of ether oxygens (including phenoxy) is 1. The van der Waals surface area contributed by atoms with Crippen molar-refractivity contribution in [2.75, 3.05) is 29.2 Å². The van der Waals surface area contributed by atoms with Crippen molar-refractivity contribution in [2.24, 2.45) is 0 Å². The largest absolute Gasteiger partial charge is 0.455 e. The van der Waals surface area contributed by atoms with E-state index in [1.165, 1.54) is 11.8 Å². The van der Waals surface area contributed by atoms with Crippen molar-refractivity contribution in [1.29, 1.82) is 0 Å². The van der Waals surface area contributed by atoms with Gasteiger partial charge < -0.3 is 10.1 Å². The zero-order valence-corrected chi connectivity index (χ0v) is 13.5. The molecule has 0 saturated carbocycles. The van der Waals surface area contributed by atoms with Crippen LogP contribution in [0.4, 0.5) is 5.69 Å². The molecule has 0 radical (unpaired) electrons. The van der Waals surface area contributed by atoms with E-state index in [9.17, 15) is 18.0 Å². The Bertz CT molecular complexity index is 630. The number of benzene rings is 1. The monoisotopic (exact) mass is 343 g/mol. The Labute approximate surface area is 133 Å². The maximum atomic E-state index is 11.6. The van der Waals surface area contributed by atoms with Gasteiger partial charge in [0.05, 0.1) is 17.3 Å². The van der Waals surface area contributed by atoms with Gasteiger partial charge in [0.2, 0.25) is 0 Å². The van der Waals surface area contributed by atoms with E-state index >= 15 is 0 Å². The molecule has 1 aromatic rings. The fraction of sp³-hybridized carbons (Fsp3) is 0.429. The summed E-state index contributed by atoms with van der Waals surface area (Å²) < 4.78 is 27.5. The molecule has 1 atom stereocenters. The maximum Gasteiger partial charge on any atom is 0.316 e. The molecular formula is C14H17NO5S2. The van der Waals surface area contributed by atoms with E-state index in [4.69, 9.17) is 4.74 Å². The summed E-state index contributed by atoms with van der Waals surface area (Å²) in [7, 11) is -2.94. The minimum Gasteiger partial charge on any atom is -0.455 e. The summed E-state index contributed by atoms with van der Waals surface area (Å²) in [5.74, 6) is -0.581. The van der Waals surface area contributed by atoms with E-state index in [1.807, 2.05) is 6.07 Å². The first kappa shape index (κ1) is 16.8. The van der Waals surface area contributed by atoms with Gasteiger partial charge in [-0.1, -0.05) is 18.2 Å². The van der Waals surface area contributed by atoms with Gasteiger partial charge >= 0.3 is 5.97 Å². The van der Waals surface area contributed by atoms with Gasteiger partial charge in [0.1, 0.15) is 0 Å². The standard InChI is InChI=1S/C14H17NO5S2/c16-13(15-11-4-2-1-3-5-11)8-20-14(17)9-21-12-6-7-22(18,19)10-12/h1-5,12H,6-10H2,(H,15,16)/t12-/m0/s1. The third kappa shape index (κ3) is 5.69. The van der Waals surface area contributed by atoms with Crippen LogP contribution in [0.25, 0.3) is 0 Å². The predicted molar refractivity (Wildman–Crippen MR) is 85.5 cm³/mol. The zero-order chi connectivity index (χ0) is 16.0. The second kappa shape index (κ2) is 7.64. The van der Waals surface area contributed by atoms with Gasteiger partial charge in [0.25, 0.3) is 5.91 Å². The Kier molecular flexibility index (Phi) is 5.84. The number of nitrogens with one attached hydrogen (secondary N) is 1. The van der Waals surface area contributed by atoms with Crippen molar-refractivity contribution >= 4 is 39.2 Å². The number of carbonyl (C=O) groups is 2. The summed E-state index contributed by atoms with van der Waals surface area (Å²) in [6, 6.07) is 8.87. The molecule has 1 heterocycles. The molecule has 1 saturated heterocycles. The molecule has 120 valence electrons. The SMILES string of the molecule is O=C(COC(=O)CS[C@H]1CCS(=O)(=O)C1)Nc1ccccc1. The second-order valence-electron chi connectivity index (χ2n) is 4.91. The first-order chi connectivity index (χ1) is 10.4. The molecule has 1 aromatic carbocycles. The molecule has 2 rings (SSSR count). The molecular weight excluding hydrogens is 326 g/mol. The molecule has 0 aromatic heterocycles. The average molecular weight is 343 g/mol. The second-order valence-corrected chi connectivity index (χ2v) is 8.43. The van der Waals surface area contributed by atoms with Crippen LogP contribution in [0.5, 0.6) is 0 Å². The number of thioether (sulfide) groups is 1. The highest BCUT2D eigenvalue weighted by molar-refractivity contribution is 8.02. The predicted octanol–water partition coefficient (Wildman–Crippen LogP) is 1.09. The number of para-hydroxylation sites is 1. The van der Waals surface area contributed by atoms with Crippen LogP contribution in [-0.2, 0) is 24.2 Å². The number of carbonyl (C=O) groups excluding carboxylic acids is 2. The molecule has 1 amide bonds. The van der Waals surface area contributed by atoms with Crippen LogP contribution >= 0.6 is 11.8 Å². The summed E-state index contributed by atoms with van der Waals surface area (Å²) in [5, 5.41) is 2.54.